The second-order valence-corrected chi connectivity index (χ2v) is 4.67. The molecule has 0 aliphatic rings. The number of hydrogen-bond acceptors (Lipinski definition) is 0. The lowest BCUT2D eigenvalue weighted by Crippen LogP contribution is -2.03. The van der Waals surface area contributed by atoms with Crippen LogP contribution in [-0.4, -0.2) is 0 Å². The Hall–Kier alpha value is -1.22. The first-order valence-corrected chi connectivity index (χ1v) is 6.06. The molecule has 0 aliphatic carbocycles. The monoisotopic (exact) mass is 214 g/mol. The van der Waals surface area contributed by atoms with Gasteiger partial charge in [0.2, 0.25) is 0 Å². The Balaban J connectivity index is 3.29. The number of benzene rings is 1. The molecule has 16 heavy (non-hydrogen) atoms. The molecule has 1 aromatic carbocycles. The van der Waals surface area contributed by atoms with E-state index in [0.717, 1.165) is 12.8 Å². The lowest BCUT2D eigenvalue weighted by Gasteiger charge is -2.18. The minimum Gasteiger partial charge on any atom is -0.119 e. The van der Waals surface area contributed by atoms with E-state index in [-0.39, 0.29) is 5.92 Å². The number of rotatable bonds is 3. The van der Waals surface area contributed by atoms with Crippen LogP contribution in [0.1, 0.15) is 53.5 Å². The minimum atomic E-state index is 0.281. The van der Waals surface area contributed by atoms with Crippen molar-refractivity contribution in [2.75, 3.05) is 0 Å². The first kappa shape index (κ1) is 12.8. The predicted octanol–water partition coefficient (Wildman–Crippen LogP) is 4.44. The van der Waals surface area contributed by atoms with Crippen molar-refractivity contribution in [3.05, 3.63) is 33.9 Å². The summed E-state index contributed by atoms with van der Waals surface area (Å²) in [4.78, 5) is 0. The van der Waals surface area contributed by atoms with Crippen LogP contribution in [0.25, 0.3) is 0 Å². The van der Waals surface area contributed by atoms with Crippen molar-refractivity contribution in [1.82, 2.24) is 0 Å². The van der Waals surface area contributed by atoms with E-state index in [1.165, 1.54) is 27.8 Å². The largest absolute Gasteiger partial charge is 0.119 e. The van der Waals surface area contributed by atoms with Crippen LogP contribution in [0.4, 0.5) is 0 Å². The molecule has 0 nitrogen and oxygen atoms in total. The molecule has 0 bridgehead atoms. The van der Waals surface area contributed by atoms with Gasteiger partial charge in [-0.1, -0.05) is 25.3 Å². The smallest absolute Gasteiger partial charge is 0.0452 e. The zero-order valence-electron chi connectivity index (χ0n) is 11.1. The van der Waals surface area contributed by atoms with E-state index < -0.39 is 0 Å². The average molecular weight is 214 g/mol. The molecule has 1 atom stereocenters. The third-order valence-corrected chi connectivity index (χ3v) is 3.68. The van der Waals surface area contributed by atoms with Gasteiger partial charge < -0.3 is 0 Å². The predicted molar refractivity (Wildman–Crippen MR) is 71.9 cm³/mol. The molecule has 0 amide bonds. The normalized spacial score (nSPS) is 12.2. The summed E-state index contributed by atoms with van der Waals surface area (Å²) in [6, 6.07) is 2.28. The molecule has 1 aromatic rings. The average Bonchev–Trinajstić information content (AvgIpc) is 2.28. The molecule has 0 radical (unpaired) electrons. The molecule has 0 fully saturated rings. The molecule has 0 spiro atoms. The Kier molecular flexibility index (Phi) is 4.19. The summed E-state index contributed by atoms with van der Waals surface area (Å²) >= 11 is 0. The van der Waals surface area contributed by atoms with Gasteiger partial charge in [0.05, 0.1) is 0 Å². The van der Waals surface area contributed by atoms with E-state index in [1.807, 2.05) is 0 Å². The maximum Gasteiger partial charge on any atom is 0.0452 e. The summed E-state index contributed by atoms with van der Waals surface area (Å²) in [5.41, 5.74) is 6.87. The Morgan fingerprint density at radius 2 is 1.75 bits per heavy atom. The zero-order valence-corrected chi connectivity index (χ0v) is 11.1. The quantitative estimate of drug-likeness (QED) is 0.653. The second-order valence-electron chi connectivity index (χ2n) is 4.67. The van der Waals surface area contributed by atoms with Gasteiger partial charge in [-0.2, -0.15) is 0 Å². The van der Waals surface area contributed by atoms with E-state index in [1.54, 1.807) is 0 Å². The van der Waals surface area contributed by atoms with Crippen LogP contribution in [-0.2, 0) is 0 Å². The Morgan fingerprint density at radius 1 is 1.12 bits per heavy atom. The highest BCUT2D eigenvalue weighted by Crippen LogP contribution is 2.29. The lowest BCUT2D eigenvalue weighted by molar-refractivity contribution is 0.729. The van der Waals surface area contributed by atoms with Gasteiger partial charge in [-0.25, -0.2) is 0 Å². The minimum absolute atomic E-state index is 0.281. The van der Waals surface area contributed by atoms with E-state index in [2.05, 4.69) is 46.6 Å². The van der Waals surface area contributed by atoms with Crippen LogP contribution in [0.5, 0.6) is 0 Å². The van der Waals surface area contributed by atoms with Crippen molar-refractivity contribution >= 4 is 0 Å². The van der Waals surface area contributed by atoms with Gasteiger partial charge in [0.1, 0.15) is 0 Å². The van der Waals surface area contributed by atoms with Gasteiger partial charge in [-0.3, -0.25) is 0 Å². The summed E-state index contributed by atoms with van der Waals surface area (Å²) in [5, 5.41) is 0. The van der Waals surface area contributed by atoms with Crippen molar-refractivity contribution in [2.45, 2.75) is 53.4 Å². The van der Waals surface area contributed by atoms with Gasteiger partial charge in [-0.05, 0) is 61.9 Å². The summed E-state index contributed by atoms with van der Waals surface area (Å²) in [7, 11) is 0. The van der Waals surface area contributed by atoms with Gasteiger partial charge in [0.25, 0.3) is 0 Å². The second kappa shape index (κ2) is 5.21. The Bertz CT molecular complexity index is 419. The fourth-order valence-corrected chi connectivity index (χ4v) is 2.22. The Labute approximate surface area is 100 Å². The first-order chi connectivity index (χ1) is 7.52. The highest BCUT2D eigenvalue weighted by atomic mass is 14.2. The van der Waals surface area contributed by atoms with E-state index >= 15 is 0 Å². The van der Waals surface area contributed by atoms with Crippen LogP contribution < -0.4 is 0 Å². The lowest BCUT2D eigenvalue weighted by atomic mass is 9.86. The van der Waals surface area contributed by atoms with Crippen molar-refractivity contribution in [1.29, 1.82) is 0 Å². The molecule has 0 aliphatic heterocycles. The molecule has 1 unspecified atom stereocenters. The third-order valence-electron chi connectivity index (χ3n) is 3.68. The maximum absolute atomic E-state index is 5.65. The topological polar surface area (TPSA) is 0 Å². The molecule has 0 saturated heterocycles. The van der Waals surface area contributed by atoms with Crippen molar-refractivity contribution in [3.8, 4) is 12.3 Å². The van der Waals surface area contributed by atoms with Crippen LogP contribution in [0.3, 0.4) is 0 Å². The SMILES string of the molecule is C#CC(CCC)c1cc(C)c(C)c(C)c1C. The summed E-state index contributed by atoms with van der Waals surface area (Å²) < 4.78 is 0. The van der Waals surface area contributed by atoms with Crippen molar-refractivity contribution in [3.63, 3.8) is 0 Å². The molecule has 0 saturated carbocycles. The van der Waals surface area contributed by atoms with E-state index in [4.69, 9.17) is 6.42 Å². The summed E-state index contributed by atoms with van der Waals surface area (Å²) in [6.45, 7) is 10.9. The first-order valence-electron chi connectivity index (χ1n) is 6.06. The summed E-state index contributed by atoms with van der Waals surface area (Å²) in [6.07, 6.45) is 7.87. The molecular formula is C16H22. The number of aryl methyl sites for hydroxylation is 1. The third kappa shape index (κ3) is 2.30. The Morgan fingerprint density at radius 3 is 2.25 bits per heavy atom. The molecule has 0 heteroatoms. The van der Waals surface area contributed by atoms with E-state index in [9.17, 15) is 0 Å². The van der Waals surface area contributed by atoms with Gasteiger partial charge >= 0.3 is 0 Å². The fourth-order valence-electron chi connectivity index (χ4n) is 2.22. The number of hydrogen-bond donors (Lipinski definition) is 0. The van der Waals surface area contributed by atoms with Crippen molar-refractivity contribution < 1.29 is 0 Å². The molecule has 86 valence electrons. The van der Waals surface area contributed by atoms with Gasteiger partial charge in [0, 0.05) is 5.92 Å². The van der Waals surface area contributed by atoms with Gasteiger partial charge in [-0.15, -0.1) is 6.42 Å². The van der Waals surface area contributed by atoms with E-state index in [0.29, 0.717) is 0 Å². The van der Waals surface area contributed by atoms with Crippen LogP contribution in [0, 0.1) is 40.0 Å². The fraction of sp³-hybridized carbons (Fsp3) is 0.500. The van der Waals surface area contributed by atoms with Crippen LogP contribution in [0.2, 0.25) is 0 Å². The highest BCUT2D eigenvalue weighted by Gasteiger charge is 2.13. The number of terminal acetylenes is 1. The van der Waals surface area contributed by atoms with Crippen molar-refractivity contribution in [2.24, 2.45) is 0 Å². The highest BCUT2D eigenvalue weighted by molar-refractivity contribution is 5.46. The summed E-state index contributed by atoms with van der Waals surface area (Å²) in [5.74, 6) is 3.21. The maximum atomic E-state index is 5.65. The van der Waals surface area contributed by atoms with Crippen LogP contribution >= 0.6 is 0 Å². The molecule has 0 N–H and O–H groups in total. The molecule has 1 rings (SSSR count). The molecular weight excluding hydrogens is 192 g/mol. The van der Waals surface area contributed by atoms with Gasteiger partial charge in [0.15, 0.2) is 0 Å². The zero-order chi connectivity index (χ0) is 12.3. The standard InChI is InChI=1S/C16H22/c1-7-9-15(8-2)16-10-11(3)12(4)13(5)14(16)6/h2,10,15H,7,9H2,1,3-6H3. The molecule has 0 aromatic heterocycles. The molecule has 0 heterocycles. The van der Waals surface area contributed by atoms with Crippen LogP contribution in [0.15, 0.2) is 6.07 Å².